The van der Waals surface area contributed by atoms with Gasteiger partial charge in [-0.2, -0.15) is 0 Å². The molecule has 0 radical (unpaired) electrons. The summed E-state index contributed by atoms with van der Waals surface area (Å²) in [6.07, 6.45) is 2.09. The van der Waals surface area contributed by atoms with Crippen molar-refractivity contribution < 1.29 is 4.79 Å². The van der Waals surface area contributed by atoms with Crippen LogP contribution in [0, 0.1) is 5.41 Å². The first-order chi connectivity index (χ1) is 10.7. The van der Waals surface area contributed by atoms with E-state index in [9.17, 15) is 4.79 Å². The normalized spacial score (nSPS) is 19.0. The summed E-state index contributed by atoms with van der Waals surface area (Å²) in [5, 5.41) is 2.48. The lowest BCUT2D eigenvalue weighted by atomic mass is 9.81. The lowest BCUT2D eigenvalue weighted by Crippen LogP contribution is -2.28. The summed E-state index contributed by atoms with van der Waals surface area (Å²) in [5.41, 5.74) is 8.62. The quantitative estimate of drug-likeness (QED) is 0.831. The summed E-state index contributed by atoms with van der Waals surface area (Å²) in [6.45, 7) is 10.6. The average molecular weight is 308 g/mol. The van der Waals surface area contributed by atoms with Crippen molar-refractivity contribution in [3.63, 3.8) is 0 Å². The Morgan fingerprint density at radius 2 is 1.65 bits per heavy atom. The van der Waals surface area contributed by atoms with E-state index in [2.05, 4.69) is 74.1 Å². The first kappa shape index (κ1) is 15.6. The number of hydrogen-bond acceptors (Lipinski definition) is 2. The average Bonchev–Trinajstić information content (AvgIpc) is 2.73. The Hall–Kier alpha value is -2.29. The Kier molecular flexibility index (Phi) is 3.47. The molecule has 0 spiro atoms. The third-order valence-electron chi connectivity index (χ3n) is 4.60. The van der Waals surface area contributed by atoms with Crippen molar-refractivity contribution in [2.24, 2.45) is 5.41 Å². The molecule has 1 fully saturated rings. The van der Waals surface area contributed by atoms with Crippen molar-refractivity contribution in [1.82, 2.24) is 10.9 Å². The van der Waals surface area contributed by atoms with E-state index < -0.39 is 5.41 Å². The molecule has 1 amide bonds. The van der Waals surface area contributed by atoms with Crippen LogP contribution in [-0.2, 0) is 10.2 Å². The molecule has 0 aromatic heterocycles. The summed E-state index contributed by atoms with van der Waals surface area (Å²) >= 11 is 0. The molecule has 2 aromatic carbocycles. The van der Waals surface area contributed by atoms with Gasteiger partial charge >= 0.3 is 0 Å². The van der Waals surface area contributed by atoms with Gasteiger partial charge in [-0.05, 0) is 47.2 Å². The summed E-state index contributed by atoms with van der Waals surface area (Å²) in [4.78, 5) is 12.0. The van der Waals surface area contributed by atoms with E-state index in [-0.39, 0.29) is 11.3 Å². The van der Waals surface area contributed by atoms with Gasteiger partial charge in [0.25, 0.3) is 0 Å². The summed E-state index contributed by atoms with van der Waals surface area (Å²) < 4.78 is 0. The third-order valence-corrected chi connectivity index (χ3v) is 4.60. The van der Waals surface area contributed by atoms with Gasteiger partial charge in [-0.15, -0.1) is 0 Å². The Bertz CT molecular complexity index is 805. The van der Waals surface area contributed by atoms with Crippen LogP contribution in [0.1, 0.15) is 45.7 Å². The van der Waals surface area contributed by atoms with Crippen LogP contribution in [0.3, 0.4) is 0 Å². The standard InChI is InChI=1S/C20H24N2O/c1-19(2,3)15-11-7-9-13-8-6-10-14(17(13)15)12-16-20(4,5)18(23)22-21-16/h6-12,21H,1-5H3,(H,22,23)/b16-12-. The predicted octanol–water partition coefficient (Wildman–Crippen LogP) is 4.14. The van der Waals surface area contributed by atoms with Crippen molar-refractivity contribution in [3.8, 4) is 0 Å². The monoisotopic (exact) mass is 308 g/mol. The van der Waals surface area contributed by atoms with E-state index in [1.165, 1.54) is 16.3 Å². The topological polar surface area (TPSA) is 41.1 Å². The molecule has 1 saturated heterocycles. The second-order valence-electron chi connectivity index (χ2n) is 7.76. The zero-order valence-electron chi connectivity index (χ0n) is 14.4. The largest absolute Gasteiger partial charge is 0.302 e. The second-order valence-corrected chi connectivity index (χ2v) is 7.76. The number of fused-ring (bicyclic) bond motifs is 1. The molecule has 0 aliphatic carbocycles. The smallest absolute Gasteiger partial charge is 0.249 e. The predicted molar refractivity (Wildman–Crippen MR) is 95.7 cm³/mol. The summed E-state index contributed by atoms with van der Waals surface area (Å²) in [5.74, 6) is 0.0000292. The van der Waals surface area contributed by atoms with Gasteiger partial charge in [-0.25, -0.2) is 0 Å². The zero-order valence-corrected chi connectivity index (χ0v) is 14.4. The van der Waals surface area contributed by atoms with E-state index in [1.807, 2.05) is 13.8 Å². The summed E-state index contributed by atoms with van der Waals surface area (Å²) in [6, 6.07) is 12.8. The minimum Gasteiger partial charge on any atom is -0.302 e. The van der Waals surface area contributed by atoms with Crippen molar-refractivity contribution >= 4 is 22.8 Å². The Labute approximate surface area is 137 Å². The van der Waals surface area contributed by atoms with Crippen LogP contribution in [0.25, 0.3) is 16.8 Å². The molecular formula is C20H24N2O. The van der Waals surface area contributed by atoms with Crippen LogP contribution in [-0.4, -0.2) is 5.91 Å². The SMILES string of the molecule is CC1(C)C(=O)NN/C1=C\c1cccc2cccc(C(C)(C)C)c12. The van der Waals surface area contributed by atoms with Crippen LogP contribution in [0.4, 0.5) is 0 Å². The number of amides is 1. The van der Waals surface area contributed by atoms with Crippen LogP contribution in [0.5, 0.6) is 0 Å². The van der Waals surface area contributed by atoms with Crippen molar-refractivity contribution in [3.05, 3.63) is 53.2 Å². The van der Waals surface area contributed by atoms with Crippen molar-refractivity contribution in [2.75, 3.05) is 0 Å². The van der Waals surface area contributed by atoms with E-state index in [0.29, 0.717) is 0 Å². The van der Waals surface area contributed by atoms with Crippen LogP contribution < -0.4 is 10.9 Å². The zero-order chi connectivity index (χ0) is 16.8. The van der Waals surface area contributed by atoms with E-state index in [1.54, 1.807) is 0 Å². The number of rotatable bonds is 1. The van der Waals surface area contributed by atoms with Crippen LogP contribution in [0.2, 0.25) is 0 Å². The number of hydrazine groups is 1. The van der Waals surface area contributed by atoms with E-state index >= 15 is 0 Å². The van der Waals surface area contributed by atoms with Gasteiger partial charge < -0.3 is 5.43 Å². The van der Waals surface area contributed by atoms with Crippen molar-refractivity contribution in [2.45, 2.75) is 40.0 Å². The maximum Gasteiger partial charge on any atom is 0.249 e. The van der Waals surface area contributed by atoms with Gasteiger partial charge in [-0.3, -0.25) is 10.2 Å². The lowest BCUT2D eigenvalue weighted by Gasteiger charge is -2.23. The van der Waals surface area contributed by atoms with E-state index in [4.69, 9.17) is 0 Å². The fraction of sp³-hybridized carbons (Fsp3) is 0.350. The Balaban J connectivity index is 2.25. The van der Waals surface area contributed by atoms with Gasteiger partial charge in [0.1, 0.15) is 0 Å². The number of hydrogen-bond donors (Lipinski definition) is 2. The molecule has 3 nitrogen and oxygen atoms in total. The minimum atomic E-state index is -0.543. The molecule has 0 bridgehead atoms. The lowest BCUT2D eigenvalue weighted by molar-refractivity contribution is -0.125. The van der Waals surface area contributed by atoms with Crippen LogP contribution in [0.15, 0.2) is 42.1 Å². The molecule has 2 N–H and O–H groups in total. The highest BCUT2D eigenvalue weighted by atomic mass is 16.2. The molecule has 120 valence electrons. The van der Waals surface area contributed by atoms with Gasteiger partial charge in [0.05, 0.1) is 5.41 Å². The highest BCUT2D eigenvalue weighted by molar-refractivity contribution is 5.96. The summed E-state index contributed by atoms with van der Waals surface area (Å²) in [7, 11) is 0. The Morgan fingerprint density at radius 3 is 2.22 bits per heavy atom. The second kappa shape index (κ2) is 5.12. The van der Waals surface area contributed by atoms with Gasteiger partial charge in [0.2, 0.25) is 5.91 Å². The number of benzene rings is 2. The molecule has 2 aromatic rings. The first-order valence-electron chi connectivity index (χ1n) is 8.02. The minimum absolute atomic E-state index is 0.0000292. The molecule has 0 saturated carbocycles. The van der Waals surface area contributed by atoms with Gasteiger partial charge in [0, 0.05) is 5.70 Å². The van der Waals surface area contributed by atoms with Crippen LogP contribution >= 0.6 is 0 Å². The number of nitrogens with one attached hydrogen (secondary N) is 2. The van der Waals surface area contributed by atoms with E-state index in [0.717, 1.165) is 11.3 Å². The number of carbonyl (C=O) groups is 1. The molecule has 3 heteroatoms. The highest BCUT2D eigenvalue weighted by Crippen LogP contribution is 2.35. The molecule has 1 aliphatic heterocycles. The molecule has 0 unspecified atom stereocenters. The fourth-order valence-electron chi connectivity index (χ4n) is 3.05. The Morgan fingerprint density at radius 1 is 1.00 bits per heavy atom. The third kappa shape index (κ3) is 2.61. The maximum absolute atomic E-state index is 12.0. The molecule has 23 heavy (non-hydrogen) atoms. The first-order valence-corrected chi connectivity index (χ1v) is 8.02. The maximum atomic E-state index is 12.0. The number of carbonyl (C=O) groups excluding carboxylic acids is 1. The van der Waals surface area contributed by atoms with Gasteiger partial charge in [0.15, 0.2) is 0 Å². The fourth-order valence-corrected chi connectivity index (χ4v) is 3.05. The molecule has 1 aliphatic rings. The molecule has 1 heterocycles. The van der Waals surface area contributed by atoms with Gasteiger partial charge in [-0.1, -0.05) is 57.2 Å². The highest BCUT2D eigenvalue weighted by Gasteiger charge is 2.37. The van der Waals surface area contributed by atoms with Crippen molar-refractivity contribution in [1.29, 1.82) is 0 Å². The molecular weight excluding hydrogens is 284 g/mol. The molecule has 3 rings (SSSR count). The molecule has 0 atom stereocenters.